The van der Waals surface area contributed by atoms with Gasteiger partial charge < -0.3 is 14.9 Å². The molecular formula is C21H24N2O4. The predicted octanol–water partition coefficient (Wildman–Crippen LogP) is 2.90. The van der Waals surface area contributed by atoms with Crippen LogP contribution in [0.4, 0.5) is 0 Å². The average Bonchev–Trinajstić information content (AvgIpc) is 2.66. The minimum Gasteiger partial charge on any atom is -0.496 e. The first-order chi connectivity index (χ1) is 13.0. The van der Waals surface area contributed by atoms with Crippen molar-refractivity contribution in [3.63, 3.8) is 0 Å². The Morgan fingerprint density at radius 3 is 2.37 bits per heavy atom. The van der Waals surface area contributed by atoms with E-state index in [-0.39, 0.29) is 5.91 Å². The first-order valence-corrected chi connectivity index (χ1v) is 8.67. The van der Waals surface area contributed by atoms with Crippen LogP contribution in [0, 0.1) is 0 Å². The lowest BCUT2D eigenvalue weighted by molar-refractivity contribution is -0.147. The monoisotopic (exact) mass is 368 g/mol. The first-order valence-electron chi connectivity index (χ1n) is 8.67. The van der Waals surface area contributed by atoms with Crippen LogP contribution in [0.2, 0.25) is 0 Å². The van der Waals surface area contributed by atoms with Gasteiger partial charge in [0.25, 0.3) is 0 Å². The molecule has 0 saturated heterocycles. The van der Waals surface area contributed by atoms with Gasteiger partial charge in [-0.1, -0.05) is 53.7 Å². The lowest BCUT2D eigenvalue weighted by Gasteiger charge is -2.15. The predicted molar refractivity (Wildman–Crippen MR) is 104 cm³/mol. The van der Waals surface area contributed by atoms with Gasteiger partial charge in [-0.25, -0.2) is 4.79 Å². The number of nitrogens with zero attached hydrogens (tertiary/aromatic N) is 1. The van der Waals surface area contributed by atoms with E-state index in [0.29, 0.717) is 18.6 Å². The van der Waals surface area contributed by atoms with Gasteiger partial charge in [-0.3, -0.25) is 4.79 Å². The van der Waals surface area contributed by atoms with Crippen molar-refractivity contribution >= 4 is 17.6 Å². The number of nitrogens with one attached hydrogen (secondary N) is 1. The number of methoxy groups -OCH3 is 1. The molecule has 0 radical (unpaired) electrons. The summed E-state index contributed by atoms with van der Waals surface area (Å²) in [7, 11) is 1.60. The van der Waals surface area contributed by atoms with Crippen molar-refractivity contribution < 1.29 is 19.2 Å². The van der Waals surface area contributed by atoms with Crippen LogP contribution in [0.5, 0.6) is 5.75 Å². The molecule has 0 aromatic heterocycles. The summed E-state index contributed by atoms with van der Waals surface area (Å²) in [6.45, 7) is 3.13. The molecule has 1 N–H and O–H groups in total. The van der Waals surface area contributed by atoms with Crippen LogP contribution in [-0.2, 0) is 27.3 Å². The molecule has 1 amide bonds. The summed E-state index contributed by atoms with van der Waals surface area (Å²) in [4.78, 5) is 28.9. The molecule has 142 valence electrons. The molecule has 6 nitrogen and oxygen atoms in total. The van der Waals surface area contributed by atoms with Gasteiger partial charge in [-0.2, -0.15) is 0 Å². The van der Waals surface area contributed by atoms with Crippen molar-refractivity contribution in [2.24, 2.45) is 5.16 Å². The Bertz CT molecular complexity index is 803. The lowest BCUT2D eigenvalue weighted by Crippen LogP contribution is -2.41. The number of carbonyl (C=O) groups excluding carboxylic acids is 2. The van der Waals surface area contributed by atoms with E-state index in [1.807, 2.05) is 54.6 Å². The van der Waals surface area contributed by atoms with E-state index in [4.69, 9.17) is 9.57 Å². The number of hydrogen-bond donors (Lipinski definition) is 1. The summed E-state index contributed by atoms with van der Waals surface area (Å²) in [5.41, 5.74) is 2.48. The number of benzene rings is 2. The van der Waals surface area contributed by atoms with Crippen molar-refractivity contribution in [1.29, 1.82) is 0 Å². The van der Waals surface area contributed by atoms with Gasteiger partial charge in [-0.05, 0) is 24.1 Å². The molecule has 0 aliphatic heterocycles. The number of hydrogen-bond acceptors (Lipinski definition) is 5. The third-order valence-corrected chi connectivity index (χ3v) is 3.87. The zero-order valence-electron chi connectivity index (χ0n) is 15.8. The summed E-state index contributed by atoms with van der Waals surface area (Å²) < 4.78 is 5.31. The van der Waals surface area contributed by atoms with E-state index in [1.54, 1.807) is 14.0 Å². The fraction of sp³-hybridized carbons (Fsp3) is 0.286. The highest BCUT2D eigenvalue weighted by molar-refractivity contribution is 5.87. The van der Waals surface area contributed by atoms with Crippen molar-refractivity contribution in [2.45, 2.75) is 32.7 Å². The Kier molecular flexibility index (Phi) is 7.55. The summed E-state index contributed by atoms with van der Waals surface area (Å²) in [6, 6.07) is 16.2. The molecule has 2 aromatic carbocycles. The van der Waals surface area contributed by atoms with Gasteiger partial charge in [0.05, 0.1) is 12.8 Å². The fourth-order valence-electron chi connectivity index (χ4n) is 2.63. The Balaban J connectivity index is 2.02. The van der Waals surface area contributed by atoms with E-state index >= 15 is 0 Å². The maximum atomic E-state index is 12.4. The number of para-hydroxylation sites is 1. The second kappa shape index (κ2) is 10.1. The molecule has 0 aliphatic rings. The Labute approximate surface area is 159 Å². The smallest absolute Gasteiger partial charge is 0.357 e. The zero-order valence-corrected chi connectivity index (χ0v) is 15.8. The normalized spacial score (nSPS) is 12.2. The van der Waals surface area contributed by atoms with Crippen LogP contribution in [0.3, 0.4) is 0 Å². The van der Waals surface area contributed by atoms with E-state index in [2.05, 4.69) is 10.5 Å². The molecule has 1 atom stereocenters. The van der Waals surface area contributed by atoms with Crippen molar-refractivity contribution in [3.05, 3.63) is 65.7 Å². The quantitative estimate of drug-likeness (QED) is 0.442. The van der Waals surface area contributed by atoms with Crippen LogP contribution in [-0.4, -0.2) is 30.7 Å². The molecule has 0 unspecified atom stereocenters. The number of oxime groups is 1. The summed E-state index contributed by atoms with van der Waals surface area (Å²) in [5.74, 6) is -0.158. The van der Waals surface area contributed by atoms with Crippen molar-refractivity contribution in [2.75, 3.05) is 7.11 Å². The van der Waals surface area contributed by atoms with Crippen LogP contribution in [0.25, 0.3) is 0 Å². The summed E-state index contributed by atoms with van der Waals surface area (Å²) in [6.07, 6.45) is 0.821. The van der Waals surface area contributed by atoms with Gasteiger partial charge in [0.2, 0.25) is 5.91 Å². The fourth-order valence-corrected chi connectivity index (χ4v) is 2.63. The molecule has 27 heavy (non-hydrogen) atoms. The van der Waals surface area contributed by atoms with Crippen LogP contribution in [0.15, 0.2) is 59.8 Å². The first kappa shape index (κ1) is 20.2. The Morgan fingerprint density at radius 1 is 1.04 bits per heavy atom. The highest BCUT2D eigenvalue weighted by atomic mass is 16.7. The van der Waals surface area contributed by atoms with Gasteiger partial charge >= 0.3 is 5.97 Å². The molecule has 0 bridgehead atoms. The molecule has 0 heterocycles. The number of ether oxygens (including phenoxy) is 1. The van der Waals surface area contributed by atoms with Crippen LogP contribution in [0.1, 0.15) is 25.0 Å². The largest absolute Gasteiger partial charge is 0.496 e. The highest BCUT2D eigenvalue weighted by Crippen LogP contribution is 2.18. The average molecular weight is 368 g/mol. The maximum Gasteiger partial charge on any atom is 0.357 e. The maximum absolute atomic E-state index is 12.4. The Morgan fingerprint density at radius 2 is 1.70 bits per heavy atom. The molecule has 0 fully saturated rings. The van der Waals surface area contributed by atoms with E-state index < -0.39 is 12.0 Å². The third-order valence-electron chi connectivity index (χ3n) is 3.87. The van der Waals surface area contributed by atoms with Gasteiger partial charge in [0, 0.05) is 19.8 Å². The lowest BCUT2D eigenvalue weighted by atomic mass is 10.1. The number of amides is 1. The molecule has 0 saturated carbocycles. The summed E-state index contributed by atoms with van der Waals surface area (Å²) in [5, 5.41) is 6.54. The van der Waals surface area contributed by atoms with E-state index in [9.17, 15) is 9.59 Å². The minimum atomic E-state index is -0.798. The summed E-state index contributed by atoms with van der Waals surface area (Å²) >= 11 is 0. The molecule has 6 heteroatoms. The molecule has 2 aromatic rings. The number of rotatable bonds is 8. The topological polar surface area (TPSA) is 77.0 Å². The van der Waals surface area contributed by atoms with E-state index in [1.165, 1.54) is 6.92 Å². The molecule has 2 rings (SSSR count). The van der Waals surface area contributed by atoms with Crippen molar-refractivity contribution in [1.82, 2.24) is 5.32 Å². The molecule has 0 spiro atoms. The SMILES string of the molecule is COc1ccccc1C/C(C)=N/OC(=O)[C@H](Cc1ccccc1)NC(C)=O. The third kappa shape index (κ3) is 6.58. The van der Waals surface area contributed by atoms with Gasteiger partial charge in [0.15, 0.2) is 0 Å². The minimum absolute atomic E-state index is 0.303. The highest BCUT2D eigenvalue weighted by Gasteiger charge is 2.22. The standard InChI is InChI=1S/C21H24N2O4/c1-15(13-18-11-7-8-12-20(18)26-3)23-27-21(25)19(22-16(2)24)14-17-9-5-4-6-10-17/h4-12,19H,13-14H2,1-3H3,(H,22,24)/b23-15+/t19-/m0/s1. The molecular weight excluding hydrogens is 344 g/mol. The Hall–Kier alpha value is -3.15. The zero-order chi connectivity index (χ0) is 19.6. The number of carbonyl (C=O) groups is 2. The second-order valence-electron chi connectivity index (χ2n) is 6.17. The van der Waals surface area contributed by atoms with Gasteiger partial charge in [-0.15, -0.1) is 0 Å². The van der Waals surface area contributed by atoms with Gasteiger partial charge in [0.1, 0.15) is 11.8 Å². The van der Waals surface area contributed by atoms with E-state index in [0.717, 1.165) is 16.9 Å². The second-order valence-corrected chi connectivity index (χ2v) is 6.17. The molecule has 0 aliphatic carbocycles. The van der Waals surface area contributed by atoms with Crippen LogP contribution < -0.4 is 10.1 Å². The van der Waals surface area contributed by atoms with Crippen molar-refractivity contribution in [3.8, 4) is 5.75 Å². The van der Waals surface area contributed by atoms with Crippen LogP contribution >= 0.6 is 0 Å².